The highest BCUT2D eigenvalue weighted by atomic mass is 32.2. The zero-order valence-corrected chi connectivity index (χ0v) is 23.8. The second-order valence-electron chi connectivity index (χ2n) is 10.2. The Labute approximate surface area is 245 Å². The fourth-order valence-electron chi connectivity index (χ4n) is 5.46. The Bertz CT molecular complexity index is 1820. The Kier molecular flexibility index (Phi) is 7.64. The highest BCUT2D eigenvalue weighted by molar-refractivity contribution is 7.50. The van der Waals surface area contributed by atoms with Crippen LogP contribution in [0, 0.1) is 17.7 Å². The maximum atomic E-state index is 13.6. The van der Waals surface area contributed by atoms with E-state index in [0.29, 0.717) is 29.7 Å². The summed E-state index contributed by atoms with van der Waals surface area (Å²) in [5.74, 6) is 4.96. The SMILES string of the molecule is COc1ccc(C(=O)OCC(=O)OC2(C#Cc3cccc(F)c3)CCCC2)cc1-[s+]1c2ccccc2c2ccccc21. The zero-order valence-electron chi connectivity index (χ0n) is 23.0. The van der Waals surface area contributed by atoms with E-state index in [9.17, 15) is 14.0 Å². The molecule has 0 spiro atoms. The number of carbonyl (C=O) groups excluding carboxylic acids is 2. The summed E-state index contributed by atoms with van der Waals surface area (Å²) in [6.07, 6.45) is 2.85. The third-order valence-corrected chi connectivity index (χ3v) is 9.77. The standard InChI is InChI=1S/C35H28FO5S/c1-39-29-16-15-25(22-32(29)42-30-13-4-2-11-27(30)28-12-3-5-14-31(28)42)34(38)40-23-33(37)41-35(18-6-7-19-35)20-17-24-9-8-10-26(36)21-24/h2-5,8-16,21-22H,6-7,18-19,23H2,1H3/q+1. The molecule has 5 nitrogen and oxygen atoms in total. The molecule has 0 N–H and O–H groups in total. The van der Waals surface area contributed by atoms with Crippen LogP contribution in [0.5, 0.6) is 5.75 Å². The number of rotatable bonds is 6. The van der Waals surface area contributed by atoms with Gasteiger partial charge in [-0.1, -0.05) is 36.3 Å². The molecule has 1 saturated carbocycles. The minimum absolute atomic E-state index is 0.314. The highest BCUT2D eigenvalue weighted by Gasteiger charge is 2.36. The molecule has 0 bridgehead atoms. The van der Waals surface area contributed by atoms with Gasteiger partial charge < -0.3 is 14.2 Å². The molecule has 1 aliphatic carbocycles. The van der Waals surface area contributed by atoms with Gasteiger partial charge in [-0.3, -0.25) is 0 Å². The van der Waals surface area contributed by atoms with E-state index in [1.54, 1.807) is 37.4 Å². The molecule has 4 aromatic carbocycles. The first-order chi connectivity index (χ1) is 20.5. The van der Waals surface area contributed by atoms with Gasteiger partial charge in [-0.2, -0.15) is 0 Å². The van der Waals surface area contributed by atoms with Crippen LogP contribution in [0.2, 0.25) is 0 Å². The number of thiophene rings is 1. The van der Waals surface area contributed by atoms with Crippen molar-refractivity contribution in [3.05, 3.63) is 108 Å². The Morgan fingerprint density at radius 3 is 2.24 bits per heavy atom. The van der Waals surface area contributed by atoms with E-state index in [4.69, 9.17) is 14.2 Å². The van der Waals surface area contributed by atoms with Gasteiger partial charge in [0.25, 0.3) is 0 Å². The quantitative estimate of drug-likeness (QED) is 0.116. The molecule has 6 rings (SSSR count). The lowest BCUT2D eigenvalue weighted by molar-refractivity contribution is -0.157. The fraction of sp³-hybridized carbons (Fsp3) is 0.200. The molecule has 1 aliphatic rings. The van der Waals surface area contributed by atoms with Gasteiger partial charge in [0.15, 0.2) is 27.4 Å². The van der Waals surface area contributed by atoms with Gasteiger partial charge in [-0.05, 0) is 86.2 Å². The number of carbonyl (C=O) groups is 2. The van der Waals surface area contributed by atoms with Gasteiger partial charge in [0.2, 0.25) is 4.90 Å². The number of esters is 2. The minimum Gasteiger partial charge on any atom is -0.491 e. The average molecular weight is 580 g/mol. The number of hydrogen-bond acceptors (Lipinski definition) is 5. The number of benzene rings is 4. The molecular formula is C35H28FO5S+. The Hall–Kier alpha value is -4.67. The molecule has 210 valence electrons. The molecule has 1 heterocycles. The molecular weight excluding hydrogens is 551 g/mol. The van der Waals surface area contributed by atoms with E-state index < -0.39 is 34.6 Å². The van der Waals surface area contributed by atoms with Crippen LogP contribution in [-0.4, -0.2) is 31.3 Å². The van der Waals surface area contributed by atoms with E-state index in [1.807, 2.05) is 24.3 Å². The Morgan fingerprint density at radius 2 is 1.57 bits per heavy atom. The second-order valence-corrected chi connectivity index (χ2v) is 12.1. The van der Waals surface area contributed by atoms with Crippen molar-refractivity contribution in [2.45, 2.75) is 31.3 Å². The Balaban J connectivity index is 1.22. The van der Waals surface area contributed by atoms with E-state index in [0.717, 1.165) is 37.9 Å². The summed E-state index contributed by atoms with van der Waals surface area (Å²) in [7, 11) is 1.13. The van der Waals surface area contributed by atoms with Crippen molar-refractivity contribution in [3.63, 3.8) is 0 Å². The summed E-state index contributed by atoms with van der Waals surface area (Å²) < 4.78 is 32.8. The van der Waals surface area contributed by atoms with Crippen LogP contribution in [0.3, 0.4) is 0 Å². The first-order valence-electron chi connectivity index (χ1n) is 13.7. The predicted molar refractivity (Wildman–Crippen MR) is 163 cm³/mol. The minimum atomic E-state index is -0.979. The first-order valence-corrected chi connectivity index (χ1v) is 15.0. The summed E-state index contributed by atoms with van der Waals surface area (Å²) >= 11 is 0. The van der Waals surface area contributed by atoms with Crippen molar-refractivity contribution in [1.29, 1.82) is 0 Å². The lowest BCUT2D eigenvalue weighted by Gasteiger charge is -2.23. The predicted octanol–water partition coefficient (Wildman–Crippen LogP) is 7.94. The molecule has 42 heavy (non-hydrogen) atoms. The van der Waals surface area contributed by atoms with Crippen molar-refractivity contribution in [2.24, 2.45) is 0 Å². The van der Waals surface area contributed by atoms with Gasteiger partial charge >= 0.3 is 11.9 Å². The van der Waals surface area contributed by atoms with Crippen LogP contribution in [0.25, 0.3) is 25.1 Å². The molecule has 0 saturated heterocycles. The van der Waals surface area contributed by atoms with Crippen molar-refractivity contribution >= 4 is 42.6 Å². The van der Waals surface area contributed by atoms with Gasteiger partial charge in [-0.15, -0.1) is 0 Å². The molecule has 7 heteroatoms. The van der Waals surface area contributed by atoms with Crippen LogP contribution in [0.15, 0.2) is 91.0 Å². The summed E-state index contributed by atoms with van der Waals surface area (Å²) in [5.41, 5.74) is -0.158. The topological polar surface area (TPSA) is 61.8 Å². The van der Waals surface area contributed by atoms with E-state index >= 15 is 0 Å². The molecule has 0 radical (unpaired) electrons. The maximum absolute atomic E-state index is 13.6. The summed E-state index contributed by atoms with van der Waals surface area (Å²) in [6, 6.07) is 27.7. The number of halogens is 1. The second kappa shape index (κ2) is 11.7. The molecule has 1 fully saturated rings. The van der Waals surface area contributed by atoms with E-state index in [2.05, 4.69) is 36.1 Å². The molecule has 0 aliphatic heterocycles. The van der Waals surface area contributed by atoms with Crippen molar-refractivity contribution in [2.75, 3.05) is 13.7 Å². The van der Waals surface area contributed by atoms with Crippen LogP contribution in [0.1, 0.15) is 41.6 Å². The highest BCUT2D eigenvalue weighted by Crippen LogP contribution is 2.51. The molecule has 0 amide bonds. The first kappa shape index (κ1) is 27.5. The monoisotopic (exact) mass is 579 g/mol. The van der Waals surface area contributed by atoms with Crippen LogP contribution in [0.4, 0.5) is 4.39 Å². The van der Waals surface area contributed by atoms with Crippen molar-refractivity contribution in [1.82, 2.24) is 0 Å². The smallest absolute Gasteiger partial charge is 0.345 e. The largest absolute Gasteiger partial charge is 0.491 e. The number of fused-ring (bicyclic) bond motifs is 3. The van der Waals surface area contributed by atoms with Crippen molar-refractivity contribution < 1.29 is 28.2 Å². The van der Waals surface area contributed by atoms with E-state index in [-0.39, 0.29) is 5.82 Å². The summed E-state index contributed by atoms with van der Waals surface area (Å²) in [6.45, 7) is -0.541. The van der Waals surface area contributed by atoms with Gasteiger partial charge in [0, 0.05) is 32.9 Å². The molecule has 5 aromatic rings. The van der Waals surface area contributed by atoms with Crippen LogP contribution in [-0.2, 0) is 14.3 Å². The number of ether oxygens (including phenoxy) is 3. The van der Waals surface area contributed by atoms with E-state index in [1.165, 1.54) is 12.1 Å². The third kappa shape index (κ3) is 5.46. The van der Waals surface area contributed by atoms with Crippen LogP contribution >= 0.6 is 10.5 Å². The lowest BCUT2D eigenvalue weighted by atomic mass is 10.0. The van der Waals surface area contributed by atoms with Crippen molar-refractivity contribution in [3.8, 4) is 22.5 Å². The van der Waals surface area contributed by atoms with Gasteiger partial charge in [0.05, 0.1) is 12.7 Å². The molecule has 0 unspecified atom stereocenters. The maximum Gasteiger partial charge on any atom is 0.345 e. The summed E-state index contributed by atoms with van der Waals surface area (Å²) in [4.78, 5) is 26.8. The van der Waals surface area contributed by atoms with Gasteiger partial charge in [-0.25, -0.2) is 14.0 Å². The molecule has 1 aromatic heterocycles. The normalized spacial score (nSPS) is 13.9. The number of methoxy groups -OCH3 is 1. The third-order valence-electron chi connectivity index (χ3n) is 7.42. The van der Waals surface area contributed by atoms with Crippen LogP contribution < -0.4 is 4.74 Å². The lowest BCUT2D eigenvalue weighted by Crippen LogP contribution is -2.32. The molecule has 0 atom stereocenters. The Morgan fingerprint density at radius 1 is 0.881 bits per heavy atom. The average Bonchev–Trinajstić information content (AvgIpc) is 3.61. The van der Waals surface area contributed by atoms with Gasteiger partial charge in [0.1, 0.15) is 5.82 Å². The zero-order chi connectivity index (χ0) is 29.1. The number of hydrogen-bond donors (Lipinski definition) is 0. The fourth-order valence-corrected chi connectivity index (χ4v) is 7.99. The summed E-state index contributed by atoms with van der Waals surface area (Å²) in [5, 5.41) is 2.33.